The Morgan fingerprint density at radius 1 is 0.300 bits per heavy atom. The maximum Gasteiger partial charge on any atom is 0.0641 e. The van der Waals surface area contributed by atoms with Gasteiger partial charge in [0.15, 0.2) is 0 Å². The van der Waals surface area contributed by atoms with Gasteiger partial charge in [-0.2, -0.15) is 0 Å². The van der Waals surface area contributed by atoms with Crippen molar-refractivity contribution < 1.29 is 0 Å². The Hall–Kier alpha value is -4.22. The van der Waals surface area contributed by atoms with Crippen LogP contribution in [0.3, 0.4) is 0 Å². The van der Waals surface area contributed by atoms with Crippen molar-refractivity contribution in [3.63, 3.8) is 0 Å². The lowest BCUT2D eigenvalue weighted by atomic mass is 10.1. The summed E-state index contributed by atoms with van der Waals surface area (Å²) >= 11 is 5.68. The van der Waals surface area contributed by atoms with Crippen LogP contribution in [-0.4, -0.2) is 0 Å². The molecule has 9 rings (SSSR count). The second-order valence-corrected chi connectivity index (χ2v) is 13.2. The summed E-state index contributed by atoms with van der Waals surface area (Å²) in [7, 11) is 0. The largest absolute Gasteiger partial charge is 0.306 e. The minimum atomic E-state index is 1.23. The van der Waals surface area contributed by atoms with Crippen LogP contribution in [0.5, 0.6) is 0 Å². The summed E-state index contributed by atoms with van der Waals surface area (Å²) in [6.45, 7) is 0. The second-order valence-electron chi connectivity index (χ2n) is 10.1. The van der Waals surface area contributed by atoms with Crippen molar-refractivity contribution in [2.45, 2.75) is 0 Å². The molecule has 0 unspecified atom stereocenters. The standard InChI is InChI=1S/C36H21NS3/c1-4-19-31-22(10-1)25-13-7-16-28(34(25)38-31)37(29-17-8-14-26-23-11-2-5-20-32(23)39-35(26)29)30-18-9-15-27-24-12-3-6-21-33(24)40-36(27)30/h1-21H. The Bertz CT molecular complexity index is 2130. The van der Waals surface area contributed by atoms with Crippen molar-refractivity contribution >= 4 is 112 Å². The molecule has 1 nitrogen and oxygen atoms in total. The van der Waals surface area contributed by atoms with Gasteiger partial charge in [0.2, 0.25) is 0 Å². The fourth-order valence-electron chi connectivity index (χ4n) is 6.11. The van der Waals surface area contributed by atoms with Crippen molar-refractivity contribution in [2.75, 3.05) is 4.90 Å². The van der Waals surface area contributed by atoms with Gasteiger partial charge in [0.25, 0.3) is 0 Å². The van der Waals surface area contributed by atoms with Gasteiger partial charge in [-0.05, 0) is 36.4 Å². The summed E-state index contributed by atoms with van der Waals surface area (Å²) in [5.41, 5.74) is 3.69. The molecule has 0 aliphatic carbocycles. The third kappa shape index (κ3) is 3.18. The van der Waals surface area contributed by atoms with Crippen LogP contribution < -0.4 is 4.90 Å². The SMILES string of the molecule is c1ccc2c(c1)sc1c(N(c3cccc4c3sc3ccccc34)c3cccc4c3sc3ccccc34)cccc12. The molecule has 3 heterocycles. The molecule has 0 radical (unpaired) electrons. The van der Waals surface area contributed by atoms with Crippen LogP contribution >= 0.6 is 34.0 Å². The average Bonchev–Trinajstić information content (AvgIpc) is 3.70. The molecule has 3 aromatic heterocycles. The molecule has 0 spiro atoms. The number of hydrogen-bond acceptors (Lipinski definition) is 4. The number of anilines is 3. The number of thiophene rings is 3. The van der Waals surface area contributed by atoms with E-state index >= 15 is 0 Å². The lowest BCUT2D eigenvalue weighted by molar-refractivity contribution is 1.34. The first-order valence-corrected chi connectivity index (χ1v) is 15.8. The first-order chi connectivity index (χ1) is 19.8. The van der Waals surface area contributed by atoms with Crippen LogP contribution in [0.25, 0.3) is 60.5 Å². The van der Waals surface area contributed by atoms with Crippen LogP contribution in [0.1, 0.15) is 0 Å². The molecule has 4 heteroatoms. The fourth-order valence-corrected chi connectivity index (χ4v) is 9.73. The van der Waals surface area contributed by atoms with E-state index < -0.39 is 0 Å². The molecule has 0 aliphatic rings. The Morgan fingerprint density at radius 2 is 0.600 bits per heavy atom. The second kappa shape index (κ2) is 8.64. The van der Waals surface area contributed by atoms with Crippen LogP contribution in [-0.2, 0) is 0 Å². The maximum absolute atomic E-state index is 2.53. The highest BCUT2D eigenvalue weighted by molar-refractivity contribution is 7.27. The molecule has 0 fully saturated rings. The predicted octanol–water partition coefficient (Wildman–Crippen LogP) is 12.3. The topological polar surface area (TPSA) is 3.24 Å². The molecule has 40 heavy (non-hydrogen) atoms. The van der Waals surface area contributed by atoms with Crippen molar-refractivity contribution in [1.29, 1.82) is 0 Å². The first kappa shape index (κ1) is 22.6. The molecule has 6 aromatic carbocycles. The van der Waals surface area contributed by atoms with Crippen LogP contribution in [0.15, 0.2) is 127 Å². The first-order valence-electron chi connectivity index (χ1n) is 13.4. The zero-order chi connectivity index (χ0) is 26.2. The monoisotopic (exact) mass is 563 g/mol. The van der Waals surface area contributed by atoms with Gasteiger partial charge in [0, 0.05) is 46.4 Å². The van der Waals surface area contributed by atoms with Gasteiger partial charge < -0.3 is 4.90 Å². The smallest absolute Gasteiger partial charge is 0.0641 e. The molecule has 188 valence electrons. The van der Waals surface area contributed by atoms with E-state index in [0.29, 0.717) is 0 Å². The Labute approximate surface area is 242 Å². The van der Waals surface area contributed by atoms with Gasteiger partial charge in [-0.25, -0.2) is 0 Å². The lowest BCUT2D eigenvalue weighted by Gasteiger charge is -2.27. The highest BCUT2D eigenvalue weighted by Gasteiger charge is 2.23. The lowest BCUT2D eigenvalue weighted by Crippen LogP contribution is -2.10. The number of hydrogen-bond donors (Lipinski definition) is 0. The molecule has 0 amide bonds. The van der Waals surface area contributed by atoms with Gasteiger partial charge in [-0.1, -0.05) is 91.0 Å². The van der Waals surface area contributed by atoms with Gasteiger partial charge in [-0.3, -0.25) is 0 Å². The molecule has 0 saturated heterocycles. The third-order valence-corrected chi connectivity index (χ3v) is 11.5. The quantitative estimate of drug-likeness (QED) is 0.207. The van der Waals surface area contributed by atoms with E-state index in [0.717, 1.165) is 0 Å². The summed E-state index contributed by atoms with van der Waals surface area (Å²) < 4.78 is 7.93. The van der Waals surface area contributed by atoms with Crippen LogP contribution in [0, 0.1) is 0 Å². The number of benzene rings is 6. The molecular formula is C36H21NS3. The minimum absolute atomic E-state index is 1.23. The van der Waals surface area contributed by atoms with E-state index in [1.165, 1.54) is 77.6 Å². The molecule has 0 atom stereocenters. The summed E-state index contributed by atoms with van der Waals surface area (Å²) in [5.74, 6) is 0. The van der Waals surface area contributed by atoms with Crippen LogP contribution in [0.2, 0.25) is 0 Å². The van der Waals surface area contributed by atoms with Gasteiger partial charge in [0.05, 0.1) is 31.2 Å². The maximum atomic E-state index is 2.53. The van der Waals surface area contributed by atoms with E-state index in [4.69, 9.17) is 0 Å². The highest BCUT2D eigenvalue weighted by atomic mass is 32.1. The van der Waals surface area contributed by atoms with Gasteiger partial charge >= 0.3 is 0 Å². The van der Waals surface area contributed by atoms with E-state index in [2.05, 4.69) is 132 Å². The zero-order valence-corrected chi connectivity index (χ0v) is 23.7. The molecule has 0 aliphatic heterocycles. The summed E-state index contributed by atoms with van der Waals surface area (Å²) in [6, 6.07) is 46.8. The van der Waals surface area contributed by atoms with Crippen molar-refractivity contribution in [3.05, 3.63) is 127 Å². The Morgan fingerprint density at radius 3 is 0.950 bits per heavy atom. The fraction of sp³-hybridized carbons (Fsp3) is 0. The summed E-state index contributed by atoms with van der Waals surface area (Å²) in [4.78, 5) is 2.53. The molecule has 0 N–H and O–H groups in total. The molecule has 0 saturated carbocycles. The van der Waals surface area contributed by atoms with E-state index in [1.54, 1.807) is 0 Å². The highest BCUT2D eigenvalue weighted by Crippen LogP contribution is 2.51. The minimum Gasteiger partial charge on any atom is -0.306 e. The van der Waals surface area contributed by atoms with Crippen molar-refractivity contribution in [1.82, 2.24) is 0 Å². The molecule has 0 bridgehead atoms. The Balaban J connectivity index is 1.43. The number of nitrogens with zero attached hydrogens (tertiary/aromatic N) is 1. The van der Waals surface area contributed by atoms with Crippen molar-refractivity contribution in [3.8, 4) is 0 Å². The van der Waals surface area contributed by atoms with Crippen LogP contribution in [0.4, 0.5) is 17.1 Å². The zero-order valence-electron chi connectivity index (χ0n) is 21.3. The Kier molecular flexibility index (Phi) is 4.88. The van der Waals surface area contributed by atoms with E-state index in [9.17, 15) is 0 Å². The molecular weight excluding hydrogens is 543 g/mol. The summed E-state index contributed by atoms with van der Waals surface area (Å²) in [5, 5.41) is 7.92. The number of rotatable bonds is 3. The normalized spacial score (nSPS) is 12.0. The molecule has 9 aromatic rings. The third-order valence-electron chi connectivity index (χ3n) is 7.87. The number of fused-ring (bicyclic) bond motifs is 9. The van der Waals surface area contributed by atoms with Gasteiger partial charge in [-0.15, -0.1) is 34.0 Å². The van der Waals surface area contributed by atoms with E-state index in [1.807, 2.05) is 34.0 Å². The van der Waals surface area contributed by atoms with Crippen molar-refractivity contribution in [2.24, 2.45) is 0 Å². The van der Waals surface area contributed by atoms with Gasteiger partial charge in [0.1, 0.15) is 0 Å². The summed E-state index contributed by atoms with van der Waals surface area (Å²) in [6.07, 6.45) is 0. The van der Waals surface area contributed by atoms with E-state index in [-0.39, 0.29) is 0 Å². The predicted molar refractivity (Wildman–Crippen MR) is 180 cm³/mol. The average molecular weight is 564 g/mol.